The minimum Gasteiger partial charge on any atom is -0.495 e. The Morgan fingerprint density at radius 1 is 1.45 bits per heavy atom. The standard InChI is InChI=1S/C15H19ClN2OS/c1-4-15(2,14-17-7-8-20-14)18-10-11-5-6-13(19-3)12(16)9-11/h5-9,18H,4,10H2,1-3H3/t15-/m0/s1. The van der Waals surface area contributed by atoms with Crippen molar-refractivity contribution in [3.8, 4) is 5.75 Å². The number of halogens is 1. The third-order valence-corrected chi connectivity index (χ3v) is 4.84. The average Bonchev–Trinajstić information content (AvgIpc) is 3.00. The second-order valence-electron chi connectivity index (χ2n) is 4.85. The molecule has 0 bridgehead atoms. The smallest absolute Gasteiger partial charge is 0.137 e. The third-order valence-electron chi connectivity index (χ3n) is 3.51. The molecule has 1 atom stereocenters. The number of hydrogen-bond donors (Lipinski definition) is 1. The second kappa shape index (κ2) is 6.57. The summed E-state index contributed by atoms with van der Waals surface area (Å²) in [7, 11) is 1.62. The molecule has 2 rings (SSSR count). The molecule has 0 unspecified atom stereocenters. The van der Waals surface area contributed by atoms with Gasteiger partial charge < -0.3 is 10.1 Å². The molecule has 0 saturated heterocycles. The first-order chi connectivity index (χ1) is 9.59. The zero-order chi connectivity index (χ0) is 14.6. The lowest BCUT2D eigenvalue weighted by atomic mass is 9.99. The van der Waals surface area contributed by atoms with Gasteiger partial charge in [-0.1, -0.05) is 24.6 Å². The van der Waals surface area contributed by atoms with E-state index in [9.17, 15) is 0 Å². The van der Waals surface area contributed by atoms with Gasteiger partial charge in [0, 0.05) is 18.1 Å². The lowest BCUT2D eigenvalue weighted by Gasteiger charge is -2.27. The Labute approximate surface area is 129 Å². The van der Waals surface area contributed by atoms with E-state index in [0.717, 1.165) is 23.5 Å². The third kappa shape index (κ3) is 3.32. The van der Waals surface area contributed by atoms with E-state index in [4.69, 9.17) is 16.3 Å². The van der Waals surface area contributed by atoms with Crippen LogP contribution in [0.5, 0.6) is 5.75 Å². The molecule has 0 aliphatic carbocycles. The minimum absolute atomic E-state index is 0.111. The number of nitrogens with one attached hydrogen (secondary N) is 1. The van der Waals surface area contributed by atoms with E-state index in [1.165, 1.54) is 0 Å². The number of benzene rings is 1. The maximum Gasteiger partial charge on any atom is 0.137 e. The molecule has 0 fully saturated rings. The van der Waals surface area contributed by atoms with Crippen molar-refractivity contribution in [1.82, 2.24) is 10.3 Å². The van der Waals surface area contributed by atoms with E-state index in [1.54, 1.807) is 18.4 Å². The maximum atomic E-state index is 6.15. The van der Waals surface area contributed by atoms with Crippen molar-refractivity contribution in [2.24, 2.45) is 0 Å². The van der Waals surface area contributed by atoms with Crippen LogP contribution in [0.15, 0.2) is 29.8 Å². The highest BCUT2D eigenvalue weighted by Gasteiger charge is 2.26. The number of hydrogen-bond acceptors (Lipinski definition) is 4. The summed E-state index contributed by atoms with van der Waals surface area (Å²) in [5, 5.41) is 7.34. The second-order valence-corrected chi connectivity index (χ2v) is 6.15. The number of methoxy groups -OCH3 is 1. The van der Waals surface area contributed by atoms with Crippen LogP contribution in [0.1, 0.15) is 30.8 Å². The SMILES string of the molecule is CC[C@](C)(NCc1ccc(OC)c(Cl)c1)c1nccs1. The van der Waals surface area contributed by atoms with Crippen LogP contribution in [0.2, 0.25) is 5.02 Å². The maximum absolute atomic E-state index is 6.15. The van der Waals surface area contributed by atoms with Crippen molar-refractivity contribution in [3.05, 3.63) is 45.4 Å². The molecule has 2 aromatic rings. The summed E-state index contributed by atoms with van der Waals surface area (Å²) < 4.78 is 5.16. The molecule has 3 nitrogen and oxygen atoms in total. The van der Waals surface area contributed by atoms with E-state index in [0.29, 0.717) is 10.8 Å². The van der Waals surface area contributed by atoms with Gasteiger partial charge in [0.05, 0.1) is 17.7 Å². The fourth-order valence-electron chi connectivity index (χ4n) is 1.96. The molecule has 1 N–H and O–H groups in total. The Kier molecular flexibility index (Phi) is 5.02. The largest absolute Gasteiger partial charge is 0.495 e. The van der Waals surface area contributed by atoms with Crippen LogP contribution in [-0.4, -0.2) is 12.1 Å². The van der Waals surface area contributed by atoms with Gasteiger partial charge in [0.15, 0.2) is 0 Å². The van der Waals surface area contributed by atoms with Gasteiger partial charge in [0.1, 0.15) is 10.8 Å². The summed E-state index contributed by atoms with van der Waals surface area (Å²) in [5.41, 5.74) is 1.02. The van der Waals surface area contributed by atoms with Gasteiger partial charge in [-0.25, -0.2) is 4.98 Å². The predicted molar refractivity (Wildman–Crippen MR) is 84.6 cm³/mol. The Morgan fingerprint density at radius 3 is 2.80 bits per heavy atom. The van der Waals surface area contributed by atoms with Gasteiger partial charge >= 0.3 is 0 Å². The van der Waals surface area contributed by atoms with Gasteiger partial charge in [-0.05, 0) is 31.0 Å². The van der Waals surface area contributed by atoms with Crippen LogP contribution < -0.4 is 10.1 Å². The average molecular weight is 311 g/mol. The van der Waals surface area contributed by atoms with Crippen LogP contribution in [0.25, 0.3) is 0 Å². The summed E-state index contributed by atoms with van der Waals surface area (Å²) in [4.78, 5) is 4.43. The van der Waals surface area contributed by atoms with E-state index in [2.05, 4.69) is 24.1 Å². The highest BCUT2D eigenvalue weighted by molar-refractivity contribution is 7.09. The number of ether oxygens (including phenoxy) is 1. The Balaban J connectivity index is 2.09. The van der Waals surface area contributed by atoms with E-state index < -0.39 is 0 Å². The van der Waals surface area contributed by atoms with Crippen molar-refractivity contribution in [1.29, 1.82) is 0 Å². The van der Waals surface area contributed by atoms with E-state index >= 15 is 0 Å². The van der Waals surface area contributed by atoms with Crippen LogP contribution in [0, 0.1) is 0 Å². The molecular weight excluding hydrogens is 292 g/mol. The molecule has 0 aliphatic rings. The molecule has 1 aromatic carbocycles. The number of aromatic nitrogens is 1. The lowest BCUT2D eigenvalue weighted by Crippen LogP contribution is -2.38. The molecule has 1 aromatic heterocycles. The fraction of sp³-hybridized carbons (Fsp3) is 0.400. The van der Waals surface area contributed by atoms with Crippen molar-refractivity contribution in [2.45, 2.75) is 32.4 Å². The van der Waals surface area contributed by atoms with Gasteiger partial charge in [0.25, 0.3) is 0 Å². The van der Waals surface area contributed by atoms with E-state index in [-0.39, 0.29) is 5.54 Å². The molecule has 0 saturated carbocycles. The monoisotopic (exact) mass is 310 g/mol. The molecule has 0 aliphatic heterocycles. The molecule has 5 heteroatoms. The molecule has 20 heavy (non-hydrogen) atoms. The topological polar surface area (TPSA) is 34.1 Å². The first kappa shape index (κ1) is 15.3. The minimum atomic E-state index is -0.111. The zero-order valence-electron chi connectivity index (χ0n) is 11.9. The van der Waals surface area contributed by atoms with Crippen LogP contribution >= 0.6 is 22.9 Å². The van der Waals surface area contributed by atoms with Gasteiger partial charge in [-0.15, -0.1) is 11.3 Å². The highest BCUT2D eigenvalue weighted by Crippen LogP contribution is 2.28. The highest BCUT2D eigenvalue weighted by atomic mass is 35.5. The molecule has 108 valence electrons. The Hall–Kier alpha value is -1.10. The quantitative estimate of drug-likeness (QED) is 0.867. The van der Waals surface area contributed by atoms with Crippen LogP contribution in [-0.2, 0) is 12.1 Å². The van der Waals surface area contributed by atoms with Crippen molar-refractivity contribution < 1.29 is 4.74 Å². The zero-order valence-corrected chi connectivity index (χ0v) is 13.5. The van der Waals surface area contributed by atoms with Crippen molar-refractivity contribution >= 4 is 22.9 Å². The lowest BCUT2D eigenvalue weighted by molar-refractivity contribution is 0.349. The fourth-order valence-corrected chi connectivity index (χ4v) is 3.09. The first-order valence-electron chi connectivity index (χ1n) is 6.56. The van der Waals surface area contributed by atoms with Gasteiger partial charge in [-0.2, -0.15) is 0 Å². The molecular formula is C15H19ClN2OS. The summed E-state index contributed by atoms with van der Waals surface area (Å²) >= 11 is 7.83. The van der Waals surface area contributed by atoms with Gasteiger partial charge in [-0.3, -0.25) is 0 Å². The first-order valence-corrected chi connectivity index (χ1v) is 7.82. The number of nitrogens with zero attached hydrogens (tertiary/aromatic N) is 1. The number of thiazole rings is 1. The van der Waals surface area contributed by atoms with Crippen LogP contribution in [0.4, 0.5) is 0 Å². The number of rotatable bonds is 6. The summed E-state index contributed by atoms with van der Waals surface area (Å²) in [6, 6.07) is 5.85. The molecule has 0 spiro atoms. The molecule has 0 amide bonds. The normalized spacial score (nSPS) is 14.0. The summed E-state index contributed by atoms with van der Waals surface area (Å²) in [6.45, 7) is 5.08. The molecule has 1 heterocycles. The van der Waals surface area contributed by atoms with E-state index in [1.807, 2.05) is 29.8 Å². The molecule has 0 radical (unpaired) electrons. The Morgan fingerprint density at radius 2 is 2.25 bits per heavy atom. The van der Waals surface area contributed by atoms with Gasteiger partial charge in [0.2, 0.25) is 0 Å². The Bertz CT molecular complexity index is 559. The summed E-state index contributed by atoms with van der Waals surface area (Å²) in [5.74, 6) is 0.702. The van der Waals surface area contributed by atoms with Crippen LogP contribution in [0.3, 0.4) is 0 Å². The predicted octanol–water partition coefficient (Wildman–Crippen LogP) is 4.22. The summed E-state index contributed by atoms with van der Waals surface area (Å²) in [6.07, 6.45) is 2.82. The van der Waals surface area contributed by atoms with Crippen molar-refractivity contribution in [2.75, 3.05) is 7.11 Å². The van der Waals surface area contributed by atoms with Crippen molar-refractivity contribution in [3.63, 3.8) is 0 Å².